The van der Waals surface area contributed by atoms with Gasteiger partial charge in [-0.1, -0.05) is 38.1 Å². The third-order valence-corrected chi connectivity index (χ3v) is 6.33. The lowest BCUT2D eigenvalue weighted by atomic mass is 10.0. The Kier molecular flexibility index (Phi) is 6.92. The van der Waals surface area contributed by atoms with Crippen molar-refractivity contribution >= 4 is 21.6 Å². The van der Waals surface area contributed by atoms with E-state index in [1.165, 1.54) is 0 Å². The van der Waals surface area contributed by atoms with Crippen LogP contribution in [0.1, 0.15) is 36.2 Å². The first kappa shape index (κ1) is 21.3. The zero-order valence-electron chi connectivity index (χ0n) is 16.9. The summed E-state index contributed by atoms with van der Waals surface area (Å²) >= 11 is 0. The number of rotatable bonds is 7. The molecule has 0 bridgehead atoms. The van der Waals surface area contributed by atoms with Crippen LogP contribution in [0, 0.1) is 5.92 Å². The van der Waals surface area contributed by atoms with E-state index in [-0.39, 0.29) is 16.5 Å². The average Bonchev–Trinajstić information content (AvgIpc) is 2.73. The molecular weight excluding hydrogens is 388 g/mol. The second-order valence-electron chi connectivity index (χ2n) is 7.63. The molecule has 1 fully saturated rings. The molecule has 2 aromatic rings. The van der Waals surface area contributed by atoms with Crippen LogP contribution in [0.3, 0.4) is 0 Å². The summed E-state index contributed by atoms with van der Waals surface area (Å²) in [5, 5.41) is 0. The van der Waals surface area contributed by atoms with Crippen molar-refractivity contribution in [3.8, 4) is 0 Å². The molecule has 1 aliphatic heterocycles. The van der Waals surface area contributed by atoms with Crippen molar-refractivity contribution < 1.29 is 17.9 Å². The first-order chi connectivity index (χ1) is 13.9. The monoisotopic (exact) mass is 416 g/mol. The number of aryl methyl sites for hydroxylation is 1. The highest BCUT2D eigenvalue weighted by molar-refractivity contribution is 7.92. The number of amides is 1. The molecule has 29 heavy (non-hydrogen) atoms. The first-order valence-corrected chi connectivity index (χ1v) is 11.4. The highest BCUT2D eigenvalue weighted by atomic mass is 32.2. The fourth-order valence-electron chi connectivity index (χ4n) is 3.19. The second-order valence-corrected chi connectivity index (χ2v) is 9.31. The van der Waals surface area contributed by atoms with Gasteiger partial charge in [0.15, 0.2) is 0 Å². The van der Waals surface area contributed by atoms with E-state index in [0.717, 1.165) is 18.4 Å². The van der Waals surface area contributed by atoms with E-state index in [0.29, 0.717) is 37.8 Å². The molecule has 1 heterocycles. The van der Waals surface area contributed by atoms with Crippen LogP contribution in [-0.4, -0.2) is 45.5 Å². The maximum absolute atomic E-state index is 12.9. The molecule has 0 spiro atoms. The number of nitrogens with zero attached hydrogens (tertiary/aromatic N) is 1. The SMILES string of the molecule is CC(C)CCc1ccc(S(=O)(=O)Nc2ccccc2C(=O)N2CCOCC2)cc1. The number of sulfonamides is 1. The van der Waals surface area contributed by atoms with Crippen molar-refractivity contribution in [3.63, 3.8) is 0 Å². The predicted octanol–water partition coefficient (Wildman–Crippen LogP) is 3.55. The zero-order chi connectivity index (χ0) is 20.9. The summed E-state index contributed by atoms with van der Waals surface area (Å²) in [5.41, 5.74) is 1.74. The topological polar surface area (TPSA) is 75.7 Å². The van der Waals surface area contributed by atoms with Gasteiger partial charge >= 0.3 is 0 Å². The van der Waals surface area contributed by atoms with Crippen molar-refractivity contribution in [2.24, 2.45) is 5.92 Å². The van der Waals surface area contributed by atoms with Gasteiger partial charge in [0.1, 0.15) is 0 Å². The van der Waals surface area contributed by atoms with Crippen LogP contribution in [0.2, 0.25) is 0 Å². The fraction of sp³-hybridized carbons (Fsp3) is 0.409. The van der Waals surface area contributed by atoms with E-state index >= 15 is 0 Å². The lowest BCUT2D eigenvalue weighted by Crippen LogP contribution is -2.41. The summed E-state index contributed by atoms with van der Waals surface area (Å²) in [6, 6.07) is 13.6. The number of para-hydroxylation sites is 1. The van der Waals surface area contributed by atoms with Crippen molar-refractivity contribution in [2.45, 2.75) is 31.6 Å². The molecular formula is C22H28N2O4S. The number of carbonyl (C=O) groups excluding carboxylic acids is 1. The van der Waals surface area contributed by atoms with Gasteiger partial charge in [0.05, 0.1) is 29.4 Å². The van der Waals surface area contributed by atoms with Gasteiger partial charge in [-0.3, -0.25) is 9.52 Å². The van der Waals surface area contributed by atoms with Crippen molar-refractivity contribution in [1.82, 2.24) is 4.90 Å². The molecule has 1 N–H and O–H groups in total. The number of hydrogen-bond acceptors (Lipinski definition) is 4. The Balaban J connectivity index is 1.77. The summed E-state index contributed by atoms with van der Waals surface area (Å²) in [7, 11) is -3.79. The van der Waals surface area contributed by atoms with Crippen LogP contribution in [0.4, 0.5) is 5.69 Å². The molecule has 0 aromatic heterocycles. The van der Waals surface area contributed by atoms with E-state index in [1.54, 1.807) is 41.3 Å². The number of benzene rings is 2. The van der Waals surface area contributed by atoms with Crippen LogP contribution in [-0.2, 0) is 21.2 Å². The number of hydrogen-bond donors (Lipinski definition) is 1. The number of anilines is 1. The number of nitrogens with one attached hydrogen (secondary N) is 1. The first-order valence-electron chi connectivity index (χ1n) is 9.94. The third kappa shape index (κ3) is 5.58. The van der Waals surface area contributed by atoms with Gasteiger partial charge in [0, 0.05) is 13.1 Å². The molecule has 0 atom stereocenters. The third-order valence-electron chi connectivity index (χ3n) is 4.94. The Hall–Kier alpha value is -2.38. The smallest absolute Gasteiger partial charge is 0.261 e. The van der Waals surface area contributed by atoms with Gasteiger partial charge in [-0.15, -0.1) is 0 Å². The Labute approximate surface area is 172 Å². The Morgan fingerprint density at radius 3 is 2.38 bits per heavy atom. The molecule has 0 aliphatic carbocycles. The highest BCUT2D eigenvalue weighted by Gasteiger charge is 2.23. The number of carbonyl (C=O) groups is 1. The van der Waals surface area contributed by atoms with Crippen LogP contribution < -0.4 is 4.72 Å². The maximum atomic E-state index is 12.9. The second kappa shape index (κ2) is 9.41. The highest BCUT2D eigenvalue weighted by Crippen LogP contribution is 2.22. The van der Waals surface area contributed by atoms with Crippen LogP contribution in [0.15, 0.2) is 53.4 Å². The summed E-state index contributed by atoms with van der Waals surface area (Å²) in [4.78, 5) is 14.7. The minimum atomic E-state index is -3.79. The summed E-state index contributed by atoms with van der Waals surface area (Å²) in [5.74, 6) is 0.399. The summed E-state index contributed by atoms with van der Waals surface area (Å²) in [6.07, 6.45) is 1.98. The lowest BCUT2D eigenvalue weighted by Gasteiger charge is -2.27. The fourth-order valence-corrected chi connectivity index (χ4v) is 4.27. The zero-order valence-corrected chi connectivity index (χ0v) is 17.7. The van der Waals surface area contributed by atoms with E-state index in [4.69, 9.17) is 4.74 Å². The molecule has 1 aliphatic rings. The van der Waals surface area contributed by atoms with Gasteiger partial charge in [-0.05, 0) is 48.6 Å². The predicted molar refractivity (Wildman–Crippen MR) is 114 cm³/mol. The molecule has 0 radical (unpaired) electrons. The molecule has 1 amide bonds. The number of morpholine rings is 1. The van der Waals surface area contributed by atoms with E-state index in [1.807, 2.05) is 12.1 Å². The molecule has 0 saturated carbocycles. The largest absolute Gasteiger partial charge is 0.378 e. The lowest BCUT2D eigenvalue weighted by molar-refractivity contribution is 0.0303. The van der Waals surface area contributed by atoms with Crippen molar-refractivity contribution in [2.75, 3.05) is 31.0 Å². The summed E-state index contributed by atoms with van der Waals surface area (Å²) in [6.45, 7) is 6.30. The van der Waals surface area contributed by atoms with Crippen molar-refractivity contribution in [3.05, 3.63) is 59.7 Å². The van der Waals surface area contributed by atoms with Gasteiger partial charge in [-0.2, -0.15) is 0 Å². The standard InChI is InChI=1S/C22H28N2O4S/c1-17(2)7-8-18-9-11-19(12-10-18)29(26,27)23-21-6-4-3-5-20(21)22(25)24-13-15-28-16-14-24/h3-6,9-12,17,23H,7-8,13-16H2,1-2H3. The minimum absolute atomic E-state index is 0.180. The van der Waals surface area contributed by atoms with Gasteiger partial charge in [-0.25, -0.2) is 8.42 Å². The normalized spacial score (nSPS) is 14.8. The van der Waals surface area contributed by atoms with Crippen molar-refractivity contribution in [1.29, 1.82) is 0 Å². The number of ether oxygens (including phenoxy) is 1. The molecule has 7 heteroatoms. The Morgan fingerprint density at radius 2 is 1.72 bits per heavy atom. The molecule has 1 saturated heterocycles. The van der Waals surface area contributed by atoms with Crippen LogP contribution >= 0.6 is 0 Å². The van der Waals surface area contributed by atoms with Crippen LogP contribution in [0.25, 0.3) is 0 Å². The van der Waals surface area contributed by atoms with Gasteiger partial charge < -0.3 is 9.64 Å². The van der Waals surface area contributed by atoms with E-state index in [2.05, 4.69) is 18.6 Å². The minimum Gasteiger partial charge on any atom is -0.378 e. The van der Waals surface area contributed by atoms with E-state index < -0.39 is 10.0 Å². The molecule has 0 unspecified atom stereocenters. The quantitative estimate of drug-likeness (QED) is 0.749. The Morgan fingerprint density at radius 1 is 1.07 bits per heavy atom. The molecule has 3 rings (SSSR count). The van der Waals surface area contributed by atoms with E-state index in [9.17, 15) is 13.2 Å². The molecule has 6 nitrogen and oxygen atoms in total. The van der Waals surface area contributed by atoms with Crippen LogP contribution in [0.5, 0.6) is 0 Å². The molecule has 156 valence electrons. The Bertz CT molecular complexity index is 934. The maximum Gasteiger partial charge on any atom is 0.261 e. The molecule has 2 aromatic carbocycles. The van der Waals surface area contributed by atoms with Gasteiger partial charge in [0.25, 0.3) is 15.9 Å². The summed E-state index contributed by atoms with van der Waals surface area (Å²) < 4.78 is 33.6. The average molecular weight is 417 g/mol. The van der Waals surface area contributed by atoms with Gasteiger partial charge in [0.2, 0.25) is 0 Å².